The van der Waals surface area contributed by atoms with Crippen LogP contribution in [-0.4, -0.2) is 56.5 Å². The van der Waals surface area contributed by atoms with Crippen LogP contribution in [0.3, 0.4) is 0 Å². The fourth-order valence-corrected chi connectivity index (χ4v) is 4.34. The Morgan fingerprint density at radius 2 is 1.23 bits per heavy atom. The van der Waals surface area contributed by atoms with Gasteiger partial charge < -0.3 is 18.9 Å². The van der Waals surface area contributed by atoms with Gasteiger partial charge in [-0.05, 0) is 25.7 Å². The Labute approximate surface area is 137 Å². The van der Waals surface area contributed by atoms with Gasteiger partial charge in [-0.25, -0.2) is 0 Å². The maximum atomic E-state index is 11.9. The molecule has 2 rings (SSSR count). The average Bonchev–Trinajstić information content (AvgIpc) is 2.46. The lowest BCUT2D eigenvalue weighted by Crippen LogP contribution is -2.42. The molecule has 2 aliphatic heterocycles. The molecule has 2 heterocycles. The molecule has 0 aromatic heterocycles. The van der Waals surface area contributed by atoms with E-state index in [0.717, 1.165) is 38.5 Å². The van der Waals surface area contributed by atoms with Gasteiger partial charge in [-0.3, -0.25) is 9.59 Å². The van der Waals surface area contributed by atoms with Gasteiger partial charge in [0.1, 0.15) is 0 Å². The molecule has 6 nitrogen and oxygen atoms in total. The first-order valence-electron chi connectivity index (χ1n) is 8.12. The highest BCUT2D eigenvalue weighted by molar-refractivity contribution is 6.14. The van der Waals surface area contributed by atoms with Crippen molar-refractivity contribution in [3.8, 4) is 0 Å². The Kier molecular flexibility index (Phi) is 6.19. The number of esters is 2. The summed E-state index contributed by atoms with van der Waals surface area (Å²) >= 11 is 0. The zero-order valence-electron chi connectivity index (χ0n) is 13.5. The van der Waals surface area contributed by atoms with Crippen LogP contribution in [0, 0.1) is 0 Å². The van der Waals surface area contributed by atoms with Gasteiger partial charge in [0.25, 0.3) is 0 Å². The topological polar surface area (TPSA) is 71.1 Å². The Morgan fingerprint density at radius 3 is 1.55 bits per heavy atom. The molecular weight excluding hydrogens is 320 g/mol. The molecule has 0 amide bonds. The molecule has 0 saturated carbocycles. The summed E-state index contributed by atoms with van der Waals surface area (Å²) in [4.78, 5) is 23.8. The van der Waals surface area contributed by atoms with Crippen LogP contribution >= 0.6 is 0 Å². The second-order valence-electron chi connectivity index (χ2n) is 6.33. The monoisotopic (exact) mass is 346 g/mol. The third-order valence-electron chi connectivity index (χ3n) is 4.06. The quantitative estimate of drug-likeness (QED) is 0.484. The molecule has 2 atom stereocenters. The number of rotatable bonds is 5. The van der Waals surface area contributed by atoms with Crippen molar-refractivity contribution in [3.63, 3.8) is 0 Å². The van der Waals surface area contributed by atoms with Crippen LogP contribution < -0.4 is 0 Å². The van der Waals surface area contributed by atoms with Crippen molar-refractivity contribution in [3.05, 3.63) is 0 Å². The highest BCUT2D eigenvalue weighted by atomic mass is 28.2. The molecule has 8 heteroatoms. The van der Waals surface area contributed by atoms with E-state index in [1.807, 2.05) is 0 Å². The highest BCUT2D eigenvalue weighted by Gasteiger charge is 2.33. The van der Waals surface area contributed by atoms with Crippen molar-refractivity contribution in [1.29, 1.82) is 0 Å². The van der Waals surface area contributed by atoms with E-state index in [2.05, 4.69) is 0 Å². The summed E-state index contributed by atoms with van der Waals surface area (Å²) in [5.74, 6) is -0.776. The maximum Gasteiger partial charge on any atom is 0.308 e. The van der Waals surface area contributed by atoms with E-state index in [0.29, 0.717) is 33.7 Å². The molecule has 0 N–H and O–H groups in total. The van der Waals surface area contributed by atoms with E-state index >= 15 is 0 Å². The summed E-state index contributed by atoms with van der Waals surface area (Å²) in [6.07, 6.45) is 5.62. The predicted octanol–water partition coefficient (Wildman–Crippen LogP) is -0.708. The first-order valence-corrected chi connectivity index (χ1v) is 10.1. The molecule has 22 heavy (non-hydrogen) atoms. The lowest BCUT2D eigenvalue weighted by atomic mass is 10.2. The molecule has 0 aliphatic carbocycles. The summed E-state index contributed by atoms with van der Waals surface area (Å²) in [7, 11) is 1.28. The van der Waals surface area contributed by atoms with Crippen LogP contribution in [0.15, 0.2) is 0 Å². The van der Waals surface area contributed by atoms with Gasteiger partial charge in [0, 0.05) is 12.8 Å². The number of hydrogen-bond donors (Lipinski definition) is 0. The van der Waals surface area contributed by atoms with Crippen molar-refractivity contribution < 1.29 is 28.5 Å². The summed E-state index contributed by atoms with van der Waals surface area (Å²) in [6, 6.07) is 0. The third-order valence-corrected chi connectivity index (χ3v) is 6.04. The smallest absolute Gasteiger partial charge is 0.308 e. The van der Waals surface area contributed by atoms with Crippen molar-refractivity contribution >= 4 is 32.4 Å². The van der Waals surface area contributed by atoms with E-state index in [4.69, 9.17) is 18.9 Å². The van der Waals surface area contributed by atoms with Crippen molar-refractivity contribution in [2.45, 2.75) is 62.2 Å². The molecule has 2 unspecified atom stereocenters. The fraction of sp³-hybridized carbons (Fsp3) is 0.857. The normalized spacial score (nSPS) is 32.5. The van der Waals surface area contributed by atoms with Crippen LogP contribution in [-0.2, 0) is 28.5 Å². The molecule has 126 valence electrons. The summed E-state index contributed by atoms with van der Waals surface area (Å²) < 4.78 is 22.0. The van der Waals surface area contributed by atoms with Gasteiger partial charge in [-0.15, -0.1) is 0 Å². The van der Waals surface area contributed by atoms with Crippen molar-refractivity contribution in [2.24, 2.45) is 0 Å². The second-order valence-corrected chi connectivity index (χ2v) is 9.37. The zero-order chi connectivity index (χ0) is 16.1. The SMILES string of the molecule is O=C(CCC(=O)OC1([SiH3])CCCCO1)OC1([SiH3])CCCCO1. The van der Waals surface area contributed by atoms with Crippen LogP contribution in [0.1, 0.15) is 51.4 Å². The molecule has 0 bridgehead atoms. The Hall–Kier alpha value is -0.706. The number of carbonyl (C=O) groups is 2. The number of ether oxygens (including phenoxy) is 4. The summed E-state index contributed by atoms with van der Waals surface area (Å²) in [5.41, 5.74) is -1.41. The fourth-order valence-electron chi connectivity index (χ4n) is 2.77. The lowest BCUT2D eigenvalue weighted by molar-refractivity contribution is -0.211. The first-order chi connectivity index (χ1) is 10.4. The van der Waals surface area contributed by atoms with Gasteiger partial charge in [0.2, 0.25) is 0 Å². The predicted molar refractivity (Wildman–Crippen MR) is 86.4 cm³/mol. The minimum absolute atomic E-state index is 0.0316. The molecular formula is C14H26O6Si2. The highest BCUT2D eigenvalue weighted by Crippen LogP contribution is 2.25. The van der Waals surface area contributed by atoms with Crippen molar-refractivity contribution in [2.75, 3.05) is 13.2 Å². The summed E-state index contributed by atoms with van der Waals surface area (Å²) in [5, 5.41) is 0. The first kappa shape index (κ1) is 17.6. The molecule has 2 aliphatic rings. The number of carbonyl (C=O) groups excluding carboxylic acids is 2. The van der Waals surface area contributed by atoms with Crippen LogP contribution in [0.25, 0.3) is 0 Å². The van der Waals surface area contributed by atoms with Gasteiger partial charge >= 0.3 is 11.9 Å². The van der Waals surface area contributed by atoms with Gasteiger partial charge in [-0.2, -0.15) is 0 Å². The molecule has 2 fully saturated rings. The lowest BCUT2D eigenvalue weighted by Gasteiger charge is -2.34. The molecule has 0 aromatic carbocycles. The Bertz CT molecular complexity index is 364. The van der Waals surface area contributed by atoms with Gasteiger partial charge in [-0.1, -0.05) is 0 Å². The molecule has 0 aromatic rings. The standard InChI is InChI=1S/C14H26O6Si2/c15-11(19-13(21)7-1-3-9-17-13)5-6-12(16)20-14(22)8-2-4-10-18-14/h1-10H2,21-22H3. The minimum atomic E-state index is -0.704. The largest absolute Gasteiger partial charge is 0.438 e. The second kappa shape index (κ2) is 7.71. The Balaban J connectivity index is 1.70. The van der Waals surface area contributed by atoms with Crippen LogP contribution in [0.4, 0.5) is 0 Å². The molecule has 2 saturated heterocycles. The van der Waals surface area contributed by atoms with E-state index in [1.54, 1.807) is 0 Å². The third kappa shape index (κ3) is 5.49. The Morgan fingerprint density at radius 1 is 0.818 bits per heavy atom. The van der Waals surface area contributed by atoms with Crippen molar-refractivity contribution in [1.82, 2.24) is 0 Å². The van der Waals surface area contributed by atoms with E-state index in [9.17, 15) is 9.59 Å². The maximum absolute atomic E-state index is 11.9. The van der Waals surface area contributed by atoms with Crippen LogP contribution in [0.2, 0.25) is 0 Å². The van der Waals surface area contributed by atoms with E-state index < -0.39 is 10.8 Å². The summed E-state index contributed by atoms with van der Waals surface area (Å²) in [6.45, 7) is 1.28. The van der Waals surface area contributed by atoms with Crippen LogP contribution in [0.5, 0.6) is 0 Å². The zero-order valence-corrected chi connectivity index (χ0v) is 17.5. The molecule has 0 radical (unpaired) electrons. The van der Waals surface area contributed by atoms with Gasteiger partial charge in [0.15, 0.2) is 10.8 Å². The van der Waals surface area contributed by atoms with E-state index in [1.165, 1.54) is 0 Å². The van der Waals surface area contributed by atoms with E-state index in [-0.39, 0.29) is 24.8 Å². The average molecular weight is 347 g/mol. The van der Waals surface area contributed by atoms with Gasteiger partial charge in [0.05, 0.1) is 46.5 Å². The number of hydrogen-bond acceptors (Lipinski definition) is 6. The minimum Gasteiger partial charge on any atom is -0.438 e. The molecule has 0 spiro atoms.